The molecule has 1 aliphatic heterocycles. The number of benzene rings is 2. The van der Waals surface area contributed by atoms with Crippen molar-refractivity contribution in [3.05, 3.63) is 64.0 Å². The summed E-state index contributed by atoms with van der Waals surface area (Å²) in [5, 5.41) is 17.0. The van der Waals surface area contributed by atoms with E-state index in [1.807, 2.05) is 0 Å². The van der Waals surface area contributed by atoms with Crippen molar-refractivity contribution in [2.45, 2.75) is 12.1 Å². The van der Waals surface area contributed by atoms with Gasteiger partial charge in [0.1, 0.15) is 5.82 Å². The van der Waals surface area contributed by atoms with Crippen LogP contribution in [0.3, 0.4) is 0 Å². The summed E-state index contributed by atoms with van der Waals surface area (Å²) < 4.78 is 14.7. The Morgan fingerprint density at radius 2 is 1.78 bits per heavy atom. The molecule has 2 aromatic carbocycles. The summed E-state index contributed by atoms with van der Waals surface area (Å²) in [6, 6.07) is 7.65. The molecule has 1 aromatic heterocycles. The molecule has 1 atom stereocenters. The molecule has 0 saturated carbocycles. The van der Waals surface area contributed by atoms with Crippen LogP contribution in [0.5, 0.6) is 5.88 Å². The lowest BCUT2D eigenvalue weighted by Crippen LogP contribution is -2.47. The largest absolute Gasteiger partial charge is 0.494 e. The first kappa shape index (κ1) is 17.6. The van der Waals surface area contributed by atoms with E-state index in [4.69, 9.17) is 23.2 Å². The molecule has 9 heteroatoms. The Kier molecular flexibility index (Phi) is 4.01. The predicted molar refractivity (Wildman–Crippen MR) is 98.4 cm³/mol. The van der Waals surface area contributed by atoms with Crippen molar-refractivity contribution >= 4 is 45.9 Å². The average molecular weight is 408 g/mol. The third kappa shape index (κ3) is 2.79. The number of imide groups is 1. The van der Waals surface area contributed by atoms with Crippen LogP contribution in [0.25, 0.3) is 10.8 Å². The number of hydrogen-bond donors (Lipinski definition) is 3. The first-order valence-electron chi connectivity index (χ1n) is 7.87. The van der Waals surface area contributed by atoms with Crippen LogP contribution in [0.2, 0.25) is 10.0 Å². The van der Waals surface area contributed by atoms with E-state index in [0.717, 1.165) is 0 Å². The van der Waals surface area contributed by atoms with Gasteiger partial charge in [0.05, 0.1) is 16.6 Å². The lowest BCUT2D eigenvalue weighted by molar-refractivity contribution is -0.124. The maximum Gasteiger partial charge on any atom is 0.322 e. The molecule has 3 N–H and O–H groups in total. The number of nitrogens with zero attached hydrogens (tertiary/aromatic N) is 1. The van der Waals surface area contributed by atoms with Gasteiger partial charge in [-0.2, -0.15) is 0 Å². The van der Waals surface area contributed by atoms with E-state index in [9.17, 15) is 19.1 Å². The van der Waals surface area contributed by atoms with Crippen molar-refractivity contribution in [3.63, 3.8) is 0 Å². The first-order valence-corrected chi connectivity index (χ1v) is 8.62. The second-order valence-corrected chi connectivity index (χ2v) is 7.07. The molecule has 0 bridgehead atoms. The summed E-state index contributed by atoms with van der Waals surface area (Å²) in [6.07, 6.45) is 1.59. The van der Waals surface area contributed by atoms with E-state index in [2.05, 4.69) is 10.6 Å². The topological polar surface area (TPSA) is 83.4 Å². The van der Waals surface area contributed by atoms with E-state index in [1.165, 1.54) is 34.9 Å². The maximum atomic E-state index is 13.3. The third-order valence-electron chi connectivity index (χ3n) is 4.59. The maximum absolute atomic E-state index is 13.3. The van der Waals surface area contributed by atoms with Crippen molar-refractivity contribution in [3.8, 4) is 5.88 Å². The van der Waals surface area contributed by atoms with Gasteiger partial charge >= 0.3 is 6.03 Å². The first-order chi connectivity index (χ1) is 12.8. The molecular formula is C18H12Cl2FN3O3. The minimum atomic E-state index is -1.51. The smallest absolute Gasteiger partial charge is 0.322 e. The van der Waals surface area contributed by atoms with E-state index in [0.29, 0.717) is 21.4 Å². The van der Waals surface area contributed by atoms with Gasteiger partial charge in [-0.25, -0.2) is 9.18 Å². The monoisotopic (exact) mass is 407 g/mol. The van der Waals surface area contributed by atoms with Gasteiger partial charge in [-0.3, -0.25) is 10.1 Å². The van der Waals surface area contributed by atoms with Crippen LogP contribution in [-0.4, -0.2) is 21.6 Å². The number of aromatic hydroxyl groups is 1. The fourth-order valence-electron chi connectivity index (χ4n) is 3.25. The summed E-state index contributed by atoms with van der Waals surface area (Å²) in [4.78, 5) is 24.4. The predicted octanol–water partition coefficient (Wildman–Crippen LogP) is 3.53. The Morgan fingerprint density at radius 1 is 1.11 bits per heavy atom. The number of fused-ring (bicyclic) bond motifs is 1. The summed E-state index contributed by atoms with van der Waals surface area (Å²) in [7, 11) is 0. The standard InChI is InChI=1S/C18H12Cl2FN3O3/c19-13-5-9-7-24(15(25)12(9)6-14(13)20)8-18(16(26)22-17(27)23-18)10-1-3-11(21)4-2-10/h1-7,25H,8H2,(H2,22,23,26,27)/t18-/m1/s1. The highest BCUT2D eigenvalue weighted by molar-refractivity contribution is 6.42. The SMILES string of the molecule is O=C1NC(=O)[C@@](Cn2cc3cc(Cl)c(Cl)cc3c2O)(c2ccc(F)cc2)N1. The van der Waals surface area contributed by atoms with Gasteiger partial charge in [-0.05, 0) is 29.8 Å². The molecule has 0 aliphatic carbocycles. The molecule has 27 heavy (non-hydrogen) atoms. The second-order valence-electron chi connectivity index (χ2n) is 6.25. The van der Waals surface area contributed by atoms with E-state index in [1.54, 1.807) is 12.3 Å². The zero-order chi connectivity index (χ0) is 19.3. The number of halogens is 3. The summed E-state index contributed by atoms with van der Waals surface area (Å²) >= 11 is 12.0. The molecule has 138 valence electrons. The number of nitrogens with one attached hydrogen (secondary N) is 2. The zero-order valence-corrected chi connectivity index (χ0v) is 15.1. The van der Waals surface area contributed by atoms with Crippen LogP contribution in [0.15, 0.2) is 42.6 Å². The average Bonchev–Trinajstić information content (AvgIpc) is 3.06. The van der Waals surface area contributed by atoms with Gasteiger partial charge in [0.25, 0.3) is 5.91 Å². The highest BCUT2D eigenvalue weighted by Crippen LogP contribution is 2.36. The molecule has 1 aliphatic rings. The molecule has 1 saturated heterocycles. The number of aromatic nitrogens is 1. The summed E-state index contributed by atoms with van der Waals surface area (Å²) in [6.45, 7) is -0.119. The van der Waals surface area contributed by atoms with Crippen LogP contribution in [0.4, 0.5) is 9.18 Å². The van der Waals surface area contributed by atoms with E-state index >= 15 is 0 Å². The number of urea groups is 1. The van der Waals surface area contributed by atoms with Crippen LogP contribution in [-0.2, 0) is 16.9 Å². The van der Waals surface area contributed by atoms with Crippen LogP contribution < -0.4 is 10.6 Å². The minimum Gasteiger partial charge on any atom is -0.494 e. The quantitative estimate of drug-likeness (QED) is 0.580. The Hall–Kier alpha value is -2.77. The number of rotatable bonds is 3. The van der Waals surface area contributed by atoms with Crippen molar-refractivity contribution in [1.29, 1.82) is 0 Å². The van der Waals surface area contributed by atoms with Gasteiger partial charge in [0, 0.05) is 17.0 Å². The Labute approximate surface area is 162 Å². The number of carbonyl (C=O) groups is 2. The Bertz CT molecular complexity index is 1100. The van der Waals surface area contributed by atoms with Crippen molar-refractivity contribution < 1.29 is 19.1 Å². The highest BCUT2D eigenvalue weighted by Gasteiger charge is 2.48. The fraction of sp³-hybridized carbons (Fsp3) is 0.111. The molecule has 6 nitrogen and oxygen atoms in total. The molecule has 0 unspecified atom stereocenters. The summed E-state index contributed by atoms with van der Waals surface area (Å²) in [5.74, 6) is -1.22. The number of carbonyl (C=O) groups excluding carboxylic acids is 2. The molecular weight excluding hydrogens is 396 g/mol. The zero-order valence-electron chi connectivity index (χ0n) is 13.6. The van der Waals surface area contributed by atoms with Crippen LogP contribution in [0, 0.1) is 5.82 Å². The fourth-order valence-corrected chi connectivity index (χ4v) is 3.59. The van der Waals surface area contributed by atoms with E-state index < -0.39 is 23.3 Å². The Balaban J connectivity index is 1.85. The van der Waals surface area contributed by atoms with Gasteiger partial charge in [-0.15, -0.1) is 0 Å². The molecule has 2 heterocycles. The number of hydrogen-bond acceptors (Lipinski definition) is 3. The minimum absolute atomic E-state index is 0.119. The van der Waals surface area contributed by atoms with Crippen molar-refractivity contribution in [2.75, 3.05) is 0 Å². The van der Waals surface area contributed by atoms with E-state index in [-0.39, 0.29) is 17.4 Å². The number of amides is 3. The molecule has 0 spiro atoms. The van der Waals surface area contributed by atoms with Crippen molar-refractivity contribution in [2.24, 2.45) is 0 Å². The van der Waals surface area contributed by atoms with Gasteiger partial charge in [-0.1, -0.05) is 35.3 Å². The molecule has 4 rings (SSSR count). The lowest BCUT2D eigenvalue weighted by Gasteiger charge is -2.27. The van der Waals surface area contributed by atoms with Gasteiger partial charge in [0.2, 0.25) is 0 Å². The Morgan fingerprint density at radius 3 is 2.41 bits per heavy atom. The molecule has 3 aromatic rings. The molecule has 3 amide bonds. The van der Waals surface area contributed by atoms with Gasteiger partial charge in [0.15, 0.2) is 11.4 Å². The second kappa shape index (κ2) is 6.14. The highest BCUT2D eigenvalue weighted by atomic mass is 35.5. The molecule has 0 radical (unpaired) electrons. The molecule has 1 fully saturated rings. The van der Waals surface area contributed by atoms with Crippen LogP contribution >= 0.6 is 23.2 Å². The van der Waals surface area contributed by atoms with Crippen LogP contribution in [0.1, 0.15) is 5.56 Å². The van der Waals surface area contributed by atoms with Gasteiger partial charge < -0.3 is 15.0 Å². The van der Waals surface area contributed by atoms with Crippen molar-refractivity contribution in [1.82, 2.24) is 15.2 Å². The summed E-state index contributed by atoms with van der Waals surface area (Å²) in [5.41, 5.74) is -1.13. The third-order valence-corrected chi connectivity index (χ3v) is 5.31. The lowest BCUT2D eigenvalue weighted by atomic mass is 9.89. The normalized spacial score (nSPS) is 19.4.